The Morgan fingerprint density at radius 2 is 0.765 bits per heavy atom. The largest absolute Gasteiger partial charge is 0.357 e. The Morgan fingerprint density at radius 3 is 1.09 bits per heavy atom. The van der Waals surface area contributed by atoms with Gasteiger partial charge >= 0.3 is 0 Å². The summed E-state index contributed by atoms with van der Waals surface area (Å²) in [5.74, 6) is 2.56. The lowest BCUT2D eigenvalue weighted by molar-refractivity contribution is 0.339. The number of hydrogen-bond donors (Lipinski definition) is 0. The van der Waals surface area contributed by atoms with Gasteiger partial charge in [-0.05, 0) is 37.2 Å². The first-order chi connectivity index (χ1) is 16.6. The maximum atomic E-state index is 5.97. The molecule has 34 heavy (non-hydrogen) atoms. The SMILES string of the molecule is CCCCCC[SH2]C(=S)N(CCCCCC)CCN(CCCCCC)C(=S)[SH2]CCCCCC. The van der Waals surface area contributed by atoms with E-state index in [0.717, 1.165) is 49.7 Å². The van der Waals surface area contributed by atoms with E-state index in [1.54, 1.807) is 0 Å². The lowest BCUT2D eigenvalue weighted by Crippen LogP contribution is -2.39. The minimum Gasteiger partial charge on any atom is -0.357 e. The molecule has 0 atom stereocenters. The molecule has 0 bridgehead atoms. The average molecular weight is 553 g/mol. The minimum atomic E-state index is 0.816. The van der Waals surface area contributed by atoms with Crippen molar-refractivity contribution in [1.29, 1.82) is 0 Å². The topological polar surface area (TPSA) is 6.48 Å². The van der Waals surface area contributed by atoms with Crippen LogP contribution in [0.15, 0.2) is 0 Å². The number of rotatable bonds is 23. The fraction of sp³-hybridized carbons (Fsp3) is 0.929. The maximum Gasteiger partial charge on any atom is 0.113 e. The van der Waals surface area contributed by atoms with Crippen LogP contribution in [0.5, 0.6) is 0 Å². The van der Waals surface area contributed by atoms with Crippen molar-refractivity contribution in [3.05, 3.63) is 0 Å². The molecule has 0 aromatic carbocycles. The number of nitrogens with zero attached hydrogens (tertiary/aromatic N) is 2. The normalized spacial score (nSPS) is 12.2. The first kappa shape index (κ1) is 34.5. The van der Waals surface area contributed by atoms with Crippen molar-refractivity contribution in [1.82, 2.24) is 9.80 Å². The third kappa shape index (κ3) is 20.7. The van der Waals surface area contributed by atoms with Crippen molar-refractivity contribution >= 4 is 56.6 Å². The molecule has 0 aromatic heterocycles. The van der Waals surface area contributed by atoms with E-state index in [1.165, 1.54) is 123 Å². The summed E-state index contributed by atoms with van der Waals surface area (Å²) in [6.07, 6.45) is 21.2. The molecule has 0 radical (unpaired) electrons. The van der Waals surface area contributed by atoms with E-state index in [0.29, 0.717) is 0 Å². The summed E-state index contributed by atoms with van der Waals surface area (Å²) >= 11 is 13.6. The molecule has 0 spiro atoms. The monoisotopic (exact) mass is 552 g/mol. The minimum absolute atomic E-state index is 0.816. The second kappa shape index (κ2) is 26.5. The van der Waals surface area contributed by atoms with Crippen LogP contribution in [0.3, 0.4) is 0 Å². The van der Waals surface area contributed by atoms with Gasteiger partial charge in [0.2, 0.25) is 0 Å². The molecule has 0 unspecified atom stereocenters. The molecule has 0 aliphatic carbocycles. The van der Waals surface area contributed by atoms with Crippen molar-refractivity contribution in [2.75, 3.05) is 37.7 Å². The highest BCUT2D eigenvalue weighted by atomic mass is 32.2. The molecule has 0 fully saturated rings. The fourth-order valence-corrected chi connectivity index (χ4v) is 7.20. The van der Waals surface area contributed by atoms with Crippen LogP contribution in [0.25, 0.3) is 0 Å². The van der Waals surface area contributed by atoms with E-state index in [-0.39, 0.29) is 0 Å². The van der Waals surface area contributed by atoms with E-state index < -0.39 is 0 Å². The highest BCUT2D eigenvalue weighted by Gasteiger charge is 2.14. The van der Waals surface area contributed by atoms with E-state index >= 15 is 0 Å². The fourth-order valence-electron chi connectivity index (χ4n) is 4.05. The summed E-state index contributed by atoms with van der Waals surface area (Å²) in [5, 5.41) is 0. The Hall–Kier alpha value is 0.480. The summed E-state index contributed by atoms with van der Waals surface area (Å²) in [5.41, 5.74) is 0. The van der Waals surface area contributed by atoms with Gasteiger partial charge in [-0.3, -0.25) is 0 Å². The number of thiocarbonyl (C=S) groups is 2. The van der Waals surface area contributed by atoms with Gasteiger partial charge in [-0.2, -0.15) is 0 Å². The molecule has 0 aliphatic rings. The summed E-state index contributed by atoms with van der Waals surface area (Å²) in [7, 11) is 0. The lowest BCUT2D eigenvalue weighted by Gasteiger charge is -2.32. The quantitative estimate of drug-likeness (QED) is 0.0922. The highest BCUT2D eigenvalue weighted by Crippen LogP contribution is 2.18. The molecular formula is C28H60N2S4. The smallest absolute Gasteiger partial charge is 0.113 e. The predicted molar refractivity (Wildman–Crippen MR) is 175 cm³/mol. The van der Waals surface area contributed by atoms with Gasteiger partial charge in [0.25, 0.3) is 0 Å². The molecule has 206 valence electrons. The van der Waals surface area contributed by atoms with Crippen molar-refractivity contribution in [3.8, 4) is 0 Å². The highest BCUT2D eigenvalue weighted by molar-refractivity contribution is 8.23. The first-order valence-electron chi connectivity index (χ1n) is 14.7. The van der Waals surface area contributed by atoms with Crippen molar-refractivity contribution in [2.24, 2.45) is 0 Å². The summed E-state index contributed by atoms with van der Waals surface area (Å²) in [4.78, 5) is 5.10. The molecule has 0 aliphatic heterocycles. The molecular weight excluding hydrogens is 493 g/mol. The Labute approximate surface area is 233 Å². The van der Waals surface area contributed by atoms with Gasteiger partial charge in [0.15, 0.2) is 0 Å². The molecule has 2 nitrogen and oxygen atoms in total. The van der Waals surface area contributed by atoms with Crippen LogP contribution in [-0.4, -0.2) is 56.1 Å². The van der Waals surface area contributed by atoms with Crippen LogP contribution in [-0.2, 0) is 0 Å². The molecule has 0 aromatic rings. The third-order valence-corrected chi connectivity index (χ3v) is 10.2. The van der Waals surface area contributed by atoms with Crippen LogP contribution in [0.1, 0.15) is 130 Å². The molecule has 0 saturated carbocycles. The van der Waals surface area contributed by atoms with E-state index in [2.05, 4.69) is 37.5 Å². The molecule has 6 heteroatoms. The van der Waals surface area contributed by atoms with Crippen LogP contribution < -0.4 is 0 Å². The standard InChI is InChI=1S/C28H60N2S4/c1-5-9-13-17-21-29(27(31)33-25-19-15-11-7-3)23-24-30(22-18-14-10-6-2)28(32)34-26-20-16-12-8-4/h5-26,33-34H2,1-4H3. The Bertz CT molecular complexity index is 431. The molecule has 0 saturated heterocycles. The van der Waals surface area contributed by atoms with E-state index in [9.17, 15) is 0 Å². The molecule has 0 N–H and O–H groups in total. The van der Waals surface area contributed by atoms with Gasteiger partial charge in [0.1, 0.15) is 8.64 Å². The van der Waals surface area contributed by atoms with Crippen LogP contribution in [0.2, 0.25) is 0 Å². The zero-order valence-corrected chi connectivity index (χ0v) is 26.9. The van der Waals surface area contributed by atoms with Crippen LogP contribution in [0.4, 0.5) is 0 Å². The number of unbranched alkanes of at least 4 members (excludes halogenated alkanes) is 12. The van der Waals surface area contributed by atoms with Crippen molar-refractivity contribution in [3.63, 3.8) is 0 Å². The van der Waals surface area contributed by atoms with Gasteiger partial charge in [-0.15, -0.1) is 0 Å². The summed E-state index contributed by atoms with van der Waals surface area (Å²) < 4.78 is 2.46. The summed E-state index contributed by atoms with van der Waals surface area (Å²) in [6, 6.07) is 0. The van der Waals surface area contributed by atoms with Gasteiger partial charge in [-0.1, -0.05) is 129 Å². The second-order valence-corrected chi connectivity index (χ2v) is 13.8. The zero-order chi connectivity index (χ0) is 25.3. The van der Waals surface area contributed by atoms with Crippen molar-refractivity contribution in [2.45, 2.75) is 130 Å². The van der Waals surface area contributed by atoms with Crippen LogP contribution >= 0.6 is 48.0 Å². The summed E-state index contributed by atoms with van der Waals surface area (Å²) in [6.45, 7) is 13.5. The zero-order valence-electron chi connectivity index (χ0n) is 23.3. The van der Waals surface area contributed by atoms with Gasteiger partial charge < -0.3 is 9.80 Å². The van der Waals surface area contributed by atoms with E-state index in [4.69, 9.17) is 24.4 Å². The van der Waals surface area contributed by atoms with Gasteiger partial charge in [-0.25, -0.2) is 23.5 Å². The maximum absolute atomic E-state index is 5.97. The Morgan fingerprint density at radius 1 is 0.441 bits per heavy atom. The second-order valence-electron chi connectivity index (χ2n) is 9.68. The Balaban J connectivity index is 4.81. The average Bonchev–Trinajstić information content (AvgIpc) is 2.84. The van der Waals surface area contributed by atoms with Gasteiger partial charge in [0, 0.05) is 26.2 Å². The van der Waals surface area contributed by atoms with Crippen molar-refractivity contribution < 1.29 is 0 Å². The molecule has 0 rings (SSSR count). The molecule has 0 heterocycles. The number of hydrogen-bond acceptors (Lipinski definition) is 2. The van der Waals surface area contributed by atoms with Gasteiger partial charge in [0.05, 0.1) is 0 Å². The Kier molecular flexibility index (Phi) is 26.9. The first-order valence-corrected chi connectivity index (χ1v) is 17.9. The predicted octanol–water partition coefficient (Wildman–Crippen LogP) is 8.88. The van der Waals surface area contributed by atoms with E-state index in [1.807, 2.05) is 0 Å². The third-order valence-electron chi connectivity index (χ3n) is 6.39. The lowest BCUT2D eigenvalue weighted by atomic mass is 10.2. The van der Waals surface area contributed by atoms with Crippen LogP contribution in [0, 0.1) is 0 Å². The molecule has 0 amide bonds.